The Kier molecular flexibility index (Phi) is 8.27. The number of hydrogen-bond donors (Lipinski definition) is 0. The van der Waals surface area contributed by atoms with E-state index in [-0.39, 0.29) is 0 Å². The molecule has 0 aromatic carbocycles. The Labute approximate surface area is 122 Å². The van der Waals surface area contributed by atoms with Crippen LogP contribution in [0.3, 0.4) is 0 Å². The SMILES string of the molecule is CC(CCC(C)(C)C)COCC(C)CCC(C)(C)C. The molecule has 0 aliphatic heterocycles. The summed E-state index contributed by atoms with van der Waals surface area (Å²) in [5, 5.41) is 0. The van der Waals surface area contributed by atoms with Crippen molar-refractivity contribution in [3.63, 3.8) is 0 Å². The standard InChI is InChI=1S/C18H38O/c1-15(9-11-17(3,4)5)13-19-14-16(2)10-12-18(6,7)8/h15-16H,9-14H2,1-8H3. The summed E-state index contributed by atoms with van der Waals surface area (Å²) in [4.78, 5) is 0. The second kappa shape index (κ2) is 8.29. The fraction of sp³-hybridized carbons (Fsp3) is 1.00. The quantitative estimate of drug-likeness (QED) is 0.531. The van der Waals surface area contributed by atoms with Crippen LogP contribution in [-0.4, -0.2) is 13.2 Å². The zero-order valence-electron chi connectivity index (χ0n) is 14.8. The van der Waals surface area contributed by atoms with E-state index in [0.29, 0.717) is 22.7 Å². The van der Waals surface area contributed by atoms with Gasteiger partial charge in [0.1, 0.15) is 0 Å². The Morgan fingerprint density at radius 2 is 1.00 bits per heavy atom. The summed E-state index contributed by atoms with van der Waals surface area (Å²) in [6.45, 7) is 20.4. The molecule has 0 amide bonds. The van der Waals surface area contributed by atoms with Gasteiger partial charge in [-0.05, 0) is 48.3 Å². The molecule has 0 spiro atoms. The summed E-state index contributed by atoms with van der Waals surface area (Å²) in [5.41, 5.74) is 0.905. The van der Waals surface area contributed by atoms with Gasteiger partial charge in [-0.1, -0.05) is 55.4 Å². The Morgan fingerprint density at radius 1 is 0.684 bits per heavy atom. The fourth-order valence-corrected chi connectivity index (χ4v) is 2.00. The van der Waals surface area contributed by atoms with Crippen LogP contribution in [0.5, 0.6) is 0 Å². The van der Waals surface area contributed by atoms with Gasteiger partial charge in [-0.3, -0.25) is 0 Å². The van der Waals surface area contributed by atoms with Crippen LogP contribution in [0.15, 0.2) is 0 Å². The predicted molar refractivity (Wildman–Crippen MR) is 86.5 cm³/mol. The van der Waals surface area contributed by atoms with E-state index in [1.807, 2.05) is 0 Å². The largest absolute Gasteiger partial charge is 0.381 e. The average molecular weight is 271 g/mol. The minimum absolute atomic E-state index is 0.453. The molecular formula is C18H38O. The third-order valence-corrected chi connectivity index (χ3v) is 3.58. The van der Waals surface area contributed by atoms with E-state index in [4.69, 9.17) is 4.74 Å². The highest BCUT2D eigenvalue weighted by Gasteiger charge is 2.14. The summed E-state index contributed by atoms with van der Waals surface area (Å²) in [5.74, 6) is 1.38. The molecule has 2 atom stereocenters. The van der Waals surface area contributed by atoms with Crippen molar-refractivity contribution in [2.45, 2.75) is 81.1 Å². The van der Waals surface area contributed by atoms with Crippen LogP contribution in [0.25, 0.3) is 0 Å². The van der Waals surface area contributed by atoms with Crippen LogP contribution >= 0.6 is 0 Å². The van der Waals surface area contributed by atoms with Crippen LogP contribution in [0, 0.1) is 22.7 Å². The molecule has 0 rings (SSSR count). The Balaban J connectivity index is 3.61. The van der Waals surface area contributed by atoms with Crippen molar-refractivity contribution in [1.82, 2.24) is 0 Å². The molecule has 0 aliphatic rings. The topological polar surface area (TPSA) is 9.23 Å². The van der Waals surface area contributed by atoms with Gasteiger partial charge in [-0.15, -0.1) is 0 Å². The Hall–Kier alpha value is -0.0400. The predicted octanol–water partition coefficient (Wildman–Crippen LogP) is 5.93. The Morgan fingerprint density at radius 3 is 1.26 bits per heavy atom. The van der Waals surface area contributed by atoms with Gasteiger partial charge in [0.15, 0.2) is 0 Å². The summed E-state index contributed by atoms with van der Waals surface area (Å²) < 4.78 is 5.89. The van der Waals surface area contributed by atoms with Gasteiger partial charge in [0, 0.05) is 13.2 Å². The van der Waals surface area contributed by atoms with E-state index in [9.17, 15) is 0 Å². The van der Waals surface area contributed by atoms with Crippen molar-refractivity contribution >= 4 is 0 Å². The third kappa shape index (κ3) is 14.2. The summed E-state index contributed by atoms with van der Waals surface area (Å²) in [7, 11) is 0. The summed E-state index contributed by atoms with van der Waals surface area (Å²) in [6, 6.07) is 0. The minimum atomic E-state index is 0.453. The van der Waals surface area contributed by atoms with Gasteiger partial charge in [0.05, 0.1) is 0 Å². The maximum absolute atomic E-state index is 5.89. The van der Waals surface area contributed by atoms with Gasteiger partial charge in [0.25, 0.3) is 0 Å². The van der Waals surface area contributed by atoms with E-state index in [2.05, 4.69) is 55.4 Å². The third-order valence-electron chi connectivity index (χ3n) is 3.58. The van der Waals surface area contributed by atoms with Gasteiger partial charge < -0.3 is 4.74 Å². The molecule has 0 saturated heterocycles. The first-order valence-electron chi connectivity index (χ1n) is 8.07. The van der Waals surface area contributed by atoms with Gasteiger partial charge in [0.2, 0.25) is 0 Å². The van der Waals surface area contributed by atoms with Gasteiger partial charge in [-0.25, -0.2) is 0 Å². The van der Waals surface area contributed by atoms with Gasteiger partial charge >= 0.3 is 0 Å². The van der Waals surface area contributed by atoms with Crippen LogP contribution in [0.1, 0.15) is 81.1 Å². The minimum Gasteiger partial charge on any atom is -0.381 e. The number of hydrogen-bond acceptors (Lipinski definition) is 1. The lowest BCUT2D eigenvalue weighted by Crippen LogP contribution is -2.15. The van der Waals surface area contributed by atoms with E-state index < -0.39 is 0 Å². The van der Waals surface area contributed by atoms with Crippen LogP contribution in [0.4, 0.5) is 0 Å². The zero-order chi connectivity index (χ0) is 15.1. The van der Waals surface area contributed by atoms with Crippen molar-refractivity contribution in [2.24, 2.45) is 22.7 Å². The smallest absolute Gasteiger partial charge is 0.0491 e. The molecule has 2 unspecified atom stereocenters. The lowest BCUT2D eigenvalue weighted by atomic mass is 9.87. The lowest BCUT2D eigenvalue weighted by Gasteiger charge is -2.22. The molecule has 1 heteroatoms. The maximum Gasteiger partial charge on any atom is 0.0491 e. The number of ether oxygens (including phenoxy) is 1. The highest BCUT2D eigenvalue weighted by atomic mass is 16.5. The zero-order valence-corrected chi connectivity index (χ0v) is 14.8. The molecule has 0 saturated carbocycles. The van der Waals surface area contributed by atoms with Crippen LogP contribution in [0.2, 0.25) is 0 Å². The normalized spacial score (nSPS) is 16.4. The lowest BCUT2D eigenvalue weighted by molar-refractivity contribution is 0.0694. The summed E-state index contributed by atoms with van der Waals surface area (Å²) in [6.07, 6.45) is 5.13. The average Bonchev–Trinajstić information content (AvgIpc) is 2.22. The maximum atomic E-state index is 5.89. The molecule has 116 valence electrons. The molecule has 0 aromatic heterocycles. The molecule has 0 fully saturated rings. The Bertz CT molecular complexity index is 195. The summed E-state index contributed by atoms with van der Waals surface area (Å²) >= 11 is 0. The molecule has 0 aromatic rings. The van der Waals surface area contributed by atoms with Crippen LogP contribution in [-0.2, 0) is 4.74 Å². The van der Waals surface area contributed by atoms with Crippen LogP contribution < -0.4 is 0 Å². The molecular weight excluding hydrogens is 232 g/mol. The molecule has 0 bridgehead atoms. The van der Waals surface area contributed by atoms with Crippen molar-refractivity contribution in [1.29, 1.82) is 0 Å². The molecule has 0 aliphatic carbocycles. The van der Waals surface area contributed by atoms with E-state index >= 15 is 0 Å². The fourth-order valence-electron chi connectivity index (χ4n) is 2.00. The van der Waals surface area contributed by atoms with E-state index in [1.54, 1.807) is 0 Å². The highest BCUT2D eigenvalue weighted by Crippen LogP contribution is 2.25. The first kappa shape index (κ1) is 19.0. The van der Waals surface area contributed by atoms with Crippen molar-refractivity contribution in [2.75, 3.05) is 13.2 Å². The number of rotatable bonds is 8. The second-order valence-electron chi connectivity index (χ2n) is 8.95. The molecule has 0 N–H and O–H groups in total. The monoisotopic (exact) mass is 270 g/mol. The molecule has 1 nitrogen and oxygen atoms in total. The van der Waals surface area contributed by atoms with E-state index in [0.717, 1.165) is 13.2 Å². The van der Waals surface area contributed by atoms with Crippen molar-refractivity contribution in [3.8, 4) is 0 Å². The highest BCUT2D eigenvalue weighted by molar-refractivity contribution is 4.65. The van der Waals surface area contributed by atoms with E-state index in [1.165, 1.54) is 25.7 Å². The molecule has 19 heavy (non-hydrogen) atoms. The van der Waals surface area contributed by atoms with Crippen molar-refractivity contribution < 1.29 is 4.74 Å². The second-order valence-corrected chi connectivity index (χ2v) is 8.95. The first-order chi connectivity index (χ1) is 8.49. The first-order valence-corrected chi connectivity index (χ1v) is 8.07. The molecule has 0 radical (unpaired) electrons. The van der Waals surface area contributed by atoms with Crippen molar-refractivity contribution in [3.05, 3.63) is 0 Å². The molecule has 0 heterocycles. The van der Waals surface area contributed by atoms with Gasteiger partial charge in [-0.2, -0.15) is 0 Å².